The first-order chi connectivity index (χ1) is 12.2. The average molecular weight is 357 g/mol. The minimum Gasteiger partial charge on any atom is -0.327 e. The summed E-state index contributed by atoms with van der Waals surface area (Å²) in [6, 6.07) is 0. The van der Waals surface area contributed by atoms with Gasteiger partial charge in [0.2, 0.25) is 0 Å². The second-order valence-electron chi connectivity index (χ2n) is 7.29. The van der Waals surface area contributed by atoms with E-state index in [1.165, 1.54) is 64.2 Å². The Morgan fingerprint density at radius 2 is 1.24 bits per heavy atom. The maximum absolute atomic E-state index is 11.4. The van der Waals surface area contributed by atoms with E-state index in [1.807, 2.05) is 0 Å². The number of carbonyl (C=O) groups is 1. The smallest absolute Gasteiger partial charge is 0.283 e. The fourth-order valence-corrected chi connectivity index (χ4v) is 3.17. The maximum atomic E-state index is 11.4. The zero-order valence-corrected chi connectivity index (χ0v) is 16.7. The van der Waals surface area contributed by atoms with Gasteiger partial charge >= 0.3 is 0 Å². The predicted octanol–water partition coefficient (Wildman–Crippen LogP) is 5.77. The number of Topliss-reactive ketones (excluding diaryl/α,β-unsaturated/α-hetero) is 1. The van der Waals surface area contributed by atoms with E-state index in [0.717, 1.165) is 25.7 Å². The molecule has 0 atom stereocenters. The van der Waals surface area contributed by atoms with Crippen LogP contribution in [0, 0.1) is 0 Å². The molecule has 0 radical (unpaired) electrons. The standard InChI is InChI=1S/C21H40O4/c1-3-5-7-9-10-11-13-15-17-23-21(16-14-12-8-6-4-2)24-18-20(22)19-25-21/h3-19H2,1-2H3. The van der Waals surface area contributed by atoms with Gasteiger partial charge in [0.1, 0.15) is 13.2 Å². The highest BCUT2D eigenvalue weighted by Crippen LogP contribution is 2.27. The van der Waals surface area contributed by atoms with Crippen molar-refractivity contribution in [2.45, 2.75) is 110 Å². The summed E-state index contributed by atoms with van der Waals surface area (Å²) in [7, 11) is 0. The van der Waals surface area contributed by atoms with Gasteiger partial charge in [0, 0.05) is 6.42 Å². The van der Waals surface area contributed by atoms with Crippen molar-refractivity contribution in [2.75, 3.05) is 19.8 Å². The van der Waals surface area contributed by atoms with Crippen LogP contribution in [-0.2, 0) is 19.0 Å². The molecule has 1 saturated heterocycles. The summed E-state index contributed by atoms with van der Waals surface area (Å²) in [6.45, 7) is 5.35. The number of ketones is 1. The van der Waals surface area contributed by atoms with Crippen LogP contribution in [0.25, 0.3) is 0 Å². The Bertz CT molecular complexity index is 320. The molecule has 0 N–H and O–H groups in total. The number of unbranched alkanes of at least 4 members (excludes halogenated alkanes) is 11. The molecular weight excluding hydrogens is 316 g/mol. The second-order valence-corrected chi connectivity index (χ2v) is 7.29. The third-order valence-electron chi connectivity index (χ3n) is 4.81. The third-order valence-corrected chi connectivity index (χ3v) is 4.81. The molecular formula is C21H40O4. The van der Waals surface area contributed by atoms with Crippen molar-refractivity contribution in [1.29, 1.82) is 0 Å². The number of carbonyl (C=O) groups excluding carboxylic acids is 1. The van der Waals surface area contributed by atoms with Crippen molar-refractivity contribution in [3.05, 3.63) is 0 Å². The van der Waals surface area contributed by atoms with Gasteiger partial charge in [-0.25, -0.2) is 0 Å². The summed E-state index contributed by atoms with van der Waals surface area (Å²) < 4.78 is 17.3. The molecule has 25 heavy (non-hydrogen) atoms. The summed E-state index contributed by atoms with van der Waals surface area (Å²) in [4.78, 5) is 11.4. The monoisotopic (exact) mass is 356 g/mol. The number of hydrogen-bond acceptors (Lipinski definition) is 4. The van der Waals surface area contributed by atoms with E-state index in [-0.39, 0.29) is 19.0 Å². The zero-order valence-electron chi connectivity index (χ0n) is 16.7. The summed E-state index contributed by atoms with van der Waals surface area (Å²) in [6.07, 6.45) is 16.9. The van der Waals surface area contributed by atoms with Crippen molar-refractivity contribution in [3.8, 4) is 0 Å². The molecule has 4 heteroatoms. The molecule has 0 bridgehead atoms. The number of ether oxygens (including phenoxy) is 3. The van der Waals surface area contributed by atoms with Crippen LogP contribution < -0.4 is 0 Å². The van der Waals surface area contributed by atoms with Crippen LogP contribution in [0.15, 0.2) is 0 Å². The molecule has 4 nitrogen and oxygen atoms in total. The fourth-order valence-electron chi connectivity index (χ4n) is 3.17. The molecule has 1 aliphatic rings. The van der Waals surface area contributed by atoms with Gasteiger partial charge in [-0.2, -0.15) is 0 Å². The predicted molar refractivity (Wildman–Crippen MR) is 102 cm³/mol. The molecule has 1 fully saturated rings. The first-order valence-electron chi connectivity index (χ1n) is 10.7. The molecule has 0 saturated carbocycles. The largest absolute Gasteiger partial charge is 0.327 e. The van der Waals surface area contributed by atoms with Crippen LogP contribution in [0.4, 0.5) is 0 Å². The van der Waals surface area contributed by atoms with Crippen LogP contribution in [0.1, 0.15) is 104 Å². The molecule has 1 heterocycles. The minimum atomic E-state index is -0.971. The van der Waals surface area contributed by atoms with Crippen LogP contribution in [0.5, 0.6) is 0 Å². The van der Waals surface area contributed by atoms with Crippen LogP contribution in [0.2, 0.25) is 0 Å². The van der Waals surface area contributed by atoms with E-state index < -0.39 is 5.97 Å². The van der Waals surface area contributed by atoms with Gasteiger partial charge in [0.25, 0.3) is 5.97 Å². The Kier molecular flexibility index (Phi) is 13.3. The molecule has 0 aliphatic carbocycles. The van der Waals surface area contributed by atoms with Crippen molar-refractivity contribution in [1.82, 2.24) is 0 Å². The van der Waals surface area contributed by atoms with Crippen LogP contribution in [-0.4, -0.2) is 31.6 Å². The molecule has 1 rings (SSSR count). The molecule has 0 aromatic heterocycles. The summed E-state index contributed by atoms with van der Waals surface area (Å²) >= 11 is 0. The van der Waals surface area contributed by atoms with E-state index in [2.05, 4.69) is 13.8 Å². The molecule has 0 spiro atoms. The van der Waals surface area contributed by atoms with E-state index in [0.29, 0.717) is 6.61 Å². The van der Waals surface area contributed by atoms with Crippen molar-refractivity contribution < 1.29 is 19.0 Å². The van der Waals surface area contributed by atoms with Crippen molar-refractivity contribution >= 4 is 5.78 Å². The number of hydrogen-bond donors (Lipinski definition) is 0. The van der Waals surface area contributed by atoms with Crippen molar-refractivity contribution in [2.24, 2.45) is 0 Å². The lowest BCUT2D eigenvalue weighted by atomic mass is 10.1. The summed E-state index contributed by atoms with van der Waals surface area (Å²) in [5, 5.41) is 0. The van der Waals surface area contributed by atoms with Crippen LogP contribution >= 0.6 is 0 Å². The van der Waals surface area contributed by atoms with E-state index in [1.54, 1.807) is 0 Å². The molecule has 0 amide bonds. The highest BCUT2D eigenvalue weighted by atomic mass is 16.9. The highest BCUT2D eigenvalue weighted by molar-refractivity contribution is 5.81. The van der Waals surface area contributed by atoms with Gasteiger partial charge < -0.3 is 14.2 Å². The molecule has 0 aromatic carbocycles. The highest BCUT2D eigenvalue weighted by Gasteiger charge is 2.37. The Hall–Kier alpha value is -0.450. The normalized spacial score (nSPS) is 17.1. The van der Waals surface area contributed by atoms with Gasteiger partial charge in [0.15, 0.2) is 5.78 Å². The molecule has 148 valence electrons. The van der Waals surface area contributed by atoms with E-state index >= 15 is 0 Å². The van der Waals surface area contributed by atoms with Crippen molar-refractivity contribution in [3.63, 3.8) is 0 Å². The Morgan fingerprint density at radius 1 is 0.760 bits per heavy atom. The topological polar surface area (TPSA) is 44.8 Å². The zero-order chi connectivity index (χ0) is 18.2. The summed E-state index contributed by atoms with van der Waals surface area (Å²) in [5.41, 5.74) is 0. The van der Waals surface area contributed by atoms with Gasteiger partial charge in [-0.05, 0) is 12.8 Å². The lowest BCUT2D eigenvalue weighted by Crippen LogP contribution is -2.47. The molecule has 1 aliphatic heterocycles. The third kappa shape index (κ3) is 11.0. The Balaban J connectivity index is 2.16. The fraction of sp³-hybridized carbons (Fsp3) is 0.952. The quantitative estimate of drug-likeness (QED) is 0.329. The number of rotatable bonds is 16. The lowest BCUT2D eigenvalue weighted by Gasteiger charge is -2.36. The summed E-state index contributed by atoms with van der Waals surface area (Å²) in [5.74, 6) is -0.973. The first kappa shape index (κ1) is 22.6. The Morgan fingerprint density at radius 3 is 1.80 bits per heavy atom. The Labute approximate surface area is 155 Å². The average Bonchev–Trinajstić information content (AvgIpc) is 2.62. The van der Waals surface area contributed by atoms with Crippen LogP contribution in [0.3, 0.4) is 0 Å². The van der Waals surface area contributed by atoms with Gasteiger partial charge in [-0.15, -0.1) is 0 Å². The second kappa shape index (κ2) is 14.7. The van der Waals surface area contributed by atoms with Gasteiger partial charge in [0.05, 0.1) is 6.61 Å². The molecule has 0 unspecified atom stereocenters. The van der Waals surface area contributed by atoms with E-state index in [4.69, 9.17) is 14.2 Å². The first-order valence-corrected chi connectivity index (χ1v) is 10.7. The SMILES string of the molecule is CCCCCCCCCCOC1(CCCCCCC)OCC(=O)CO1. The lowest BCUT2D eigenvalue weighted by molar-refractivity contribution is -0.389. The van der Waals surface area contributed by atoms with E-state index in [9.17, 15) is 4.79 Å². The minimum absolute atomic E-state index is 0.00251. The molecule has 0 aromatic rings. The van der Waals surface area contributed by atoms with Gasteiger partial charge in [-0.1, -0.05) is 84.5 Å². The maximum Gasteiger partial charge on any atom is 0.283 e. The van der Waals surface area contributed by atoms with Gasteiger partial charge in [-0.3, -0.25) is 4.79 Å².